The molecule has 142 valence electrons. The fourth-order valence-corrected chi connectivity index (χ4v) is 3.50. The molecule has 0 N–H and O–H groups in total. The van der Waals surface area contributed by atoms with E-state index in [1.54, 1.807) is 23.1 Å². The zero-order valence-electron chi connectivity index (χ0n) is 14.7. The second-order valence-electron chi connectivity index (χ2n) is 6.30. The van der Waals surface area contributed by atoms with Crippen molar-refractivity contribution in [1.29, 1.82) is 0 Å². The van der Waals surface area contributed by atoms with E-state index in [0.29, 0.717) is 35.4 Å². The lowest BCUT2D eigenvalue weighted by Crippen LogP contribution is -2.35. The summed E-state index contributed by atoms with van der Waals surface area (Å²) in [7, 11) is 0. The summed E-state index contributed by atoms with van der Waals surface area (Å²) in [6.07, 6.45) is 6.30. The quantitative estimate of drug-likeness (QED) is 0.595. The molecule has 2 aromatic rings. The number of rotatable bonds is 9. The minimum Gasteiger partial charge on any atom is -0.379 e. The average Bonchev–Trinajstić information content (AvgIpc) is 3.26. The van der Waals surface area contributed by atoms with Crippen molar-refractivity contribution < 1.29 is 14.2 Å². The Balaban J connectivity index is 1.73. The van der Waals surface area contributed by atoms with Crippen LogP contribution in [-0.4, -0.2) is 40.7 Å². The third-order valence-electron chi connectivity index (χ3n) is 4.23. The van der Waals surface area contributed by atoms with Gasteiger partial charge in [0, 0.05) is 17.2 Å². The normalized spacial score (nSPS) is 22.8. The Morgan fingerprint density at radius 3 is 2.96 bits per heavy atom. The van der Waals surface area contributed by atoms with Gasteiger partial charge < -0.3 is 14.2 Å². The average molecular weight is 400 g/mol. The molecule has 1 aliphatic rings. The van der Waals surface area contributed by atoms with E-state index in [9.17, 15) is 0 Å². The molecule has 0 bridgehead atoms. The molecule has 0 unspecified atom stereocenters. The number of halogens is 2. The van der Waals surface area contributed by atoms with E-state index in [0.717, 1.165) is 13.0 Å². The molecule has 2 atom stereocenters. The van der Waals surface area contributed by atoms with E-state index in [1.807, 2.05) is 6.07 Å². The summed E-state index contributed by atoms with van der Waals surface area (Å²) >= 11 is 12.5. The van der Waals surface area contributed by atoms with E-state index >= 15 is 0 Å². The van der Waals surface area contributed by atoms with E-state index in [-0.39, 0.29) is 6.10 Å². The van der Waals surface area contributed by atoms with Gasteiger partial charge in [-0.2, -0.15) is 5.10 Å². The predicted octanol–water partition coefficient (Wildman–Crippen LogP) is 4.06. The fraction of sp³-hybridized carbons (Fsp3) is 0.556. The molecule has 2 heterocycles. The molecular weight excluding hydrogens is 377 g/mol. The first-order valence-corrected chi connectivity index (χ1v) is 9.56. The third-order valence-corrected chi connectivity index (χ3v) is 4.78. The van der Waals surface area contributed by atoms with Gasteiger partial charge in [0.2, 0.25) is 5.79 Å². The number of benzene rings is 1. The number of nitrogens with zero attached hydrogens (tertiary/aromatic N) is 3. The van der Waals surface area contributed by atoms with E-state index < -0.39 is 5.79 Å². The van der Waals surface area contributed by atoms with Crippen molar-refractivity contribution >= 4 is 23.2 Å². The molecule has 1 fully saturated rings. The molecular formula is C18H23Cl2N3O3. The van der Waals surface area contributed by atoms with Crippen LogP contribution in [-0.2, 0) is 26.5 Å². The summed E-state index contributed by atoms with van der Waals surface area (Å²) in [4.78, 5) is 3.98. The Kier molecular flexibility index (Phi) is 6.89. The molecule has 0 radical (unpaired) electrons. The van der Waals surface area contributed by atoms with E-state index in [2.05, 4.69) is 17.0 Å². The summed E-state index contributed by atoms with van der Waals surface area (Å²) < 4.78 is 19.8. The lowest BCUT2D eigenvalue weighted by atomic mass is 10.1. The summed E-state index contributed by atoms with van der Waals surface area (Å²) in [5.41, 5.74) is 0.715. The number of unbranched alkanes of at least 4 members (excludes halogenated alkanes) is 2. The van der Waals surface area contributed by atoms with Crippen molar-refractivity contribution in [3.8, 4) is 0 Å². The molecule has 0 saturated carbocycles. The van der Waals surface area contributed by atoms with Gasteiger partial charge in [-0.25, -0.2) is 9.67 Å². The highest BCUT2D eigenvalue weighted by Gasteiger charge is 2.45. The Labute approximate surface area is 163 Å². The molecule has 0 spiro atoms. The van der Waals surface area contributed by atoms with Crippen molar-refractivity contribution in [2.75, 3.05) is 19.8 Å². The van der Waals surface area contributed by atoms with Crippen molar-refractivity contribution in [3.05, 3.63) is 46.5 Å². The lowest BCUT2D eigenvalue weighted by Gasteiger charge is -2.29. The lowest BCUT2D eigenvalue weighted by molar-refractivity contribution is -0.193. The van der Waals surface area contributed by atoms with Crippen LogP contribution in [0.3, 0.4) is 0 Å². The maximum Gasteiger partial charge on any atom is 0.217 e. The van der Waals surface area contributed by atoms with Gasteiger partial charge in [-0.15, -0.1) is 0 Å². The summed E-state index contributed by atoms with van der Waals surface area (Å²) in [5.74, 6) is -1.05. The van der Waals surface area contributed by atoms with Crippen molar-refractivity contribution in [2.24, 2.45) is 0 Å². The van der Waals surface area contributed by atoms with Gasteiger partial charge in [0.25, 0.3) is 0 Å². The minimum absolute atomic E-state index is 0.174. The molecule has 0 amide bonds. The summed E-state index contributed by atoms with van der Waals surface area (Å²) in [5, 5.41) is 5.21. The molecule has 6 nitrogen and oxygen atoms in total. The van der Waals surface area contributed by atoms with Crippen LogP contribution in [0.15, 0.2) is 30.9 Å². The van der Waals surface area contributed by atoms with Gasteiger partial charge in [-0.3, -0.25) is 0 Å². The molecule has 1 aromatic carbocycles. The standard InChI is InChI=1S/C18H23Cl2N3O3/c1-2-3-4-7-24-9-15-10-25-18(26-15,11-23-13-21-12-22-23)16-6-5-14(19)8-17(16)20/h5-6,8,12-13,15H,2-4,7,9-11H2,1H3/t15-,18-/m1/s1. The molecule has 1 aromatic heterocycles. The first-order valence-electron chi connectivity index (χ1n) is 8.80. The van der Waals surface area contributed by atoms with Crippen LogP contribution in [0.4, 0.5) is 0 Å². The largest absolute Gasteiger partial charge is 0.379 e. The van der Waals surface area contributed by atoms with Gasteiger partial charge >= 0.3 is 0 Å². The second kappa shape index (κ2) is 9.15. The monoisotopic (exact) mass is 399 g/mol. The highest BCUT2D eigenvalue weighted by atomic mass is 35.5. The maximum atomic E-state index is 6.43. The Bertz CT molecular complexity index is 699. The van der Waals surface area contributed by atoms with Crippen molar-refractivity contribution in [1.82, 2.24) is 14.8 Å². The summed E-state index contributed by atoms with van der Waals surface area (Å²) in [6, 6.07) is 5.28. The van der Waals surface area contributed by atoms with Crippen LogP contribution in [0.5, 0.6) is 0 Å². The number of ether oxygens (including phenoxy) is 3. The molecule has 8 heteroatoms. The van der Waals surface area contributed by atoms with Gasteiger partial charge in [-0.05, 0) is 18.6 Å². The van der Waals surface area contributed by atoms with E-state index in [4.69, 9.17) is 37.4 Å². The maximum absolute atomic E-state index is 6.43. The first kappa shape index (κ1) is 19.6. The Morgan fingerprint density at radius 1 is 1.35 bits per heavy atom. The summed E-state index contributed by atoms with van der Waals surface area (Å²) in [6.45, 7) is 4.13. The Morgan fingerprint density at radius 2 is 2.23 bits per heavy atom. The van der Waals surface area contributed by atoms with Gasteiger partial charge in [0.05, 0.1) is 18.2 Å². The minimum atomic E-state index is -1.05. The molecule has 26 heavy (non-hydrogen) atoms. The van der Waals surface area contributed by atoms with Crippen LogP contribution >= 0.6 is 23.2 Å². The second-order valence-corrected chi connectivity index (χ2v) is 7.15. The smallest absolute Gasteiger partial charge is 0.217 e. The zero-order valence-corrected chi connectivity index (χ0v) is 16.2. The van der Waals surface area contributed by atoms with Crippen molar-refractivity contribution in [2.45, 2.75) is 44.6 Å². The molecule has 0 aliphatic carbocycles. The zero-order chi connectivity index (χ0) is 18.4. The number of hydrogen-bond donors (Lipinski definition) is 0. The molecule has 3 rings (SSSR count). The highest BCUT2D eigenvalue weighted by molar-refractivity contribution is 6.35. The third kappa shape index (κ3) is 4.75. The Hall–Kier alpha value is -1.18. The van der Waals surface area contributed by atoms with Crippen LogP contribution in [0.1, 0.15) is 31.7 Å². The van der Waals surface area contributed by atoms with Crippen molar-refractivity contribution in [3.63, 3.8) is 0 Å². The SMILES string of the molecule is CCCCCOC[C@@H]1CO[C@@](Cn2cncn2)(c2ccc(Cl)cc2Cl)O1. The van der Waals surface area contributed by atoms with Crippen LogP contribution in [0.25, 0.3) is 0 Å². The molecule has 1 aliphatic heterocycles. The number of hydrogen-bond acceptors (Lipinski definition) is 5. The highest BCUT2D eigenvalue weighted by Crippen LogP contribution is 2.40. The van der Waals surface area contributed by atoms with Gasteiger partial charge in [0.15, 0.2) is 0 Å². The van der Waals surface area contributed by atoms with Gasteiger partial charge in [-0.1, -0.05) is 49.0 Å². The first-order chi connectivity index (χ1) is 12.6. The van der Waals surface area contributed by atoms with Crippen LogP contribution in [0.2, 0.25) is 10.0 Å². The number of aromatic nitrogens is 3. The molecule has 1 saturated heterocycles. The predicted molar refractivity (Wildman–Crippen MR) is 99.3 cm³/mol. The fourth-order valence-electron chi connectivity index (χ4n) is 2.95. The van der Waals surface area contributed by atoms with E-state index in [1.165, 1.54) is 19.2 Å². The van der Waals surface area contributed by atoms with Crippen LogP contribution in [0, 0.1) is 0 Å². The van der Waals surface area contributed by atoms with Gasteiger partial charge in [0.1, 0.15) is 25.3 Å². The topological polar surface area (TPSA) is 58.4 Å². The van der Waals surface area contributed by atoms with Crippen LogP contribution < -0.4 is 0 Å².